The van der Waals surface area contributed by atoms with Gasteiger partial charge in [-0.25, -0.2) is 4.98 Å². The molecule has 0 aliphatic carbocycles. The van der Waals surface area contributed by atoms with Gasteiger partial charge in [-0.3, -0.25) is 4.72 Å². The van der Waals surface area contributed by atoms with Crippen LogP contribution in [0.3, 0.4) is 0 Å². The minimum atomic E-state index is -3.68. The van der Waals surface area contributed by atoms with Crippen molar-refractivity contribution in [3.63, 3.8) is 0 Å². The molecular weight excluding hydrogens is 308 g/mol. The van der Waals surface area contributed by atoms with Gasteiger partial charge in [-0.05, 0) is 24.6 Å². The average Bonchev–Trinajstić information content (AvgIpc) is 2.72. The lowest BCUT2D eigenvalue weighted by Crippen LogP contribution is -2.14. The number of thiocarbonyl (C=S) groups is 1. The van der Waals surface area contributed by atoms with E-state index in [2.05, 4.69) is 9.71 Å². The van der Waals surface area contributed by atoms with Gasteiger partial charge in [0.15, 0.2) is 5.03 Å². The van der Waals surface area contributed by atoms with Crippen LogP contribution in [0.2, 0.25) is 0 Å². The molecule has 8 heteroatoms. The molecule has 0 unspecified atom stereocenters. The van der Waals surface area contributed by atoms with Crippen molar-refractivity contribution in [3.05, 3.63) is 41.9 Å². The van der Waals surface area contributed by atoms with Gasteiger partial charge < -0.3 is 10.3 Å². The van der Waals surface area contributed by atoms with E-state index in [-0.39, 0.29) is 5.03 Å². The van der Waals surface area contributed by atoms with Crippen LogP contribution in [0.5, 0.6) is 0 Å². The van der Waals surface area contributed by atoms with Crippen LogP contribution < -0.4 is 10.5 Å². The first-order valence-electron chi connectivity index (χ1n) is 6.18. The number of nitrogens with one attached hydrogen (secondary N) is 1. The quantitative estimate of drug-likeness (QED) is 0.811. The van der Waals surface area contributed by atoms with E-state index in [4.69, 9.17) is 18.0 Å². The molecule has 2 aromatic rings. The molecule has 0 amide bonds. The zero-order valence-corrected chi connectivity index (χ0v) is 13.3. The van der Waals surface area contributed by atoms with Gasteiger partial charge in [-0.15, -0.1) is 0 Å². The van der Waals surface area contributed by atoms with Gasteiger partial charge in [0.05, 0.1) is 4.99 Å². The second kappa shape index (κ2) is 5.82. The van der Waals surface area contributed by atoms with Gasteiger partial charge in [0.1, 0.15) is 5.82 Å². The Morgan fingerprint density at radius 3 is 2.48 bits per heavy atom. The number of nitrogens with zero attached hydrogens (tertiary/aromatic N) is 2. The summed E-state index contributed by atoms with van der Waals surface area (Å²) in [5.74, 6) is 0.627. The number of nitrogens with two attached hydrogens (primary N) is 1. The Morgan fingerprint density at radius 2 is 2.00 bits per heavy atom. The van der Waals surface area contributed by atoms with Crippen LogP contribution in [-0.4, -0.2) is 23.0 Å². The van der Waals surface area contributed by atoms with Crippen LogP contribution >= 0.6 is 12.2 Å². The summed E-state index contributed by atoms with van der Waals surface area (Å²) in [6, 6.07) is 6.89. The molecule has 0 atom stereocenters. The fraction of sp³-hybridized carbons (Fsp3) is 0.231. The van der Waals surface area contributed by atoms with Crippen molar-refractivity contribution in [1.29, 1.82) is 0 Å². The number of sulfonamides is 1. The predicted octanol–water partition coefficient (Wildman–Crippen LogP) is 1.36. The van der Waals surface area contributed by atoms with Gasteiger partial charge in [-0.2, -0.15) is 8.42 Å². The molecule has 0 aliphatic heterocycles. The van der Waals surface area contributed by atoms with E-state index in [1.165, 1.54) is 6.20 Å². The number of anilines is 1. The SMILES string of the molecule is Cc1nc(S(=O)(=O)Nc2ccc(CC(N)=S)cc2)cn1C. The molecule has 0 saturated carbocycles. The van der Waals surface area contributed by atoms with E-state index in [1.807, 2.05) is 0 Å². The molecule has 112 valence electrons. The van der Waals surface area contributed by atoms with E-state index < -0.39 is 10.0 Å². The third kappa shape index (κ3) is 3.79. The summed E-state index contributed by atoms with van der Waals surface area (Å²) < 4.78 is 28.5. The lowest BCUT2D eigenvalue weighted by molar-refractivity contribution is 0.598. The highest BCUT2D eigenvalue weighted by Gasteiger charge is 2.18. The van der Waals surface area contributed by atoms with Crippen LogP contribution in [0.1, 0.15) is 11.4 Å². The molecule has 21 heavy (non-hydrogen) atoms. The Hall–Kier alpha value is -1.93. The van der Waals surface area contributed by atoms with Crippen LogP contribution in [0.15, 0.2) is 35.5 Å². The Balaban J connectivity index is 2.18. The van der Waals surface area contributed by atoms with Gasteiger partial charge in [0.25, 0.3) is 10.0 Å². The number of aryl methyl sites for hydroxylation is 2. The third-order valence-electron chi connectivity index (χ3n) is 2.95. The predicted molar refractivity (Wildman–Crippen MR) is 85.7 cm³/mol. The highest BCUT2D eigenvalue weighted by Crippen LogP contribution is 2.16. The Labute approximate surface area is 129 Å². The van der Waals surface area contributed by atoms with Crippen LogP contribution in [0.4, 0.5) is 5.69 Å². The van der Waals surface area contributed by atoms with Crippen molar-refractivity contribution in [2.45, 2.75) is 18.4 Å². The van der Waals surface area contributed by atoms with Gasteiger partial charge in [0, 0.05) is 25.4 Å². The minimum absolute atomic E-state index is 0.00490. The number of aromatic nitrogens is 2. The number of rotatable bonds is 5. The van der Waals surface area contributed by atoms with Gasteiger partial charge in [-0.1, -0.05) is 24.4 Å². The third-order valence-corrected chi connectivity index (χ3v) is 4.34. The first-order chi connectivity index (χ1) is 9.78. The number of benzene rings is 1. The molecule has 3 N–H and O–H groups in total. The summed E-state index contributed by atoms with van der Waals surface area (Å²) >= 11 is 4.83. The Morgan fingerprint density at radius 1 is 1.38 bits per heavy atom. The van der Waals surface area contributed by atoms with E-state index in [0.717, 1.165) is 5.56 Å². The second-order valence-corrected chi connectivity index (χ2v) is 6.84. The van der Waals surface area contributed by atoms with Crippen molar-refractivity contribution in [2.75, 3.05) is 4.72 Å². The molecule has 0 bridgehead atoms. The summed E-state index contributed by atoms with van der Waals surface area (Å²) in [5.41, 5.74) is 6.86. The lowest BCUT2D eigenvalue weighted by atomic mass is 10.1. The fourth-order valence-electron chi connectivity index (χ4n) is 1.76. The van der Waals surface area contributed by atoms with Crippen molar-refractivity contribution in [2.24, 2.45) is 12.8 Å². The van der Waals surface area contributed by atoms with E-state index in [9.17, 15) is 8.42 Å². The number of hydrogen-bond donors (Lipinski definition) is 2. The molecular formula is C13H16N4O2S2. The monoisotopic (exact) mass is 324 g/mol. The molecule has 0 spiro atoms. The molecule has 0 saturated heterocycles. The highest BCUT2D eigenvalue weighted by atomic mass is 32.2. The number of hydrogen-bond acceptors (Lipinski definition) is 4. The molecule has 0 radical (unpaired) electrons. The lowest BCUT2D eigenvalue weighted by Gasteiger charge is -2.06. The maximum atomic E-state index is 12.2. The molecule has 0 aliphatic rings. The van der Waals surface area contributed by atoms with Gasteiger partial charge >= 0.3 is 0 Å². The zero-order valence-electron chi connectivity index (χ0n) is 11.7. The molecule has 2 rings (SSSR count). The molecule has 1 aromatic heterocycles. The standard InChI is InChI=1S/C13H16N4O2S2/c1-9-15-13(8-17(9)2)21(18,19)16-11-5-3-10(4-6-11)7-12(14)20/h3-6,8,16H,7H2,1-2H3,(H2,14,20). The van der Waals surface area contributed by atoms with Crippen molar-refractivity contribution < 1.29 is 8.42 Å². The maximum absolute atomic E-state index is 12.2. The number of imidazole rings is 1. The Kier molecular flexibility index (Phi) is 4.29. The molecule has 1 heterocycles. The summed E-state index contributed by atoms with van der Waals surface area (Å²) in [7, 11) is -1.94. The van der Waals surface area contributed by atoms with Crippen LogP contribution in [-0.2, 0) is 23.5 Å². The topological polar surface area (TPSA) is 90.0 Å². The van der Waals surface area contributed by atoms with Crippen LogP contribution in [0, 0.1) is 6.92 Å². The zero-order chi connectivity index (χ0) is 15.6. The van der Waals surface area contributed by atoms with E-state index in [1.54, 1.807) is 42.8 Å². The molecule has 6 nitrogen and oxygen atoms in total. The van der Waals surface area contributed by atoms with E-state index >= 15 is 0 Å². The largest absolute Gasteiger partial charge is 0.393 e. The smallest absolute Gasteiger partial charge is 0.280 e. The first-order valence-corrected chi connectivity index (χ1v) is 8.07. The van der Waals surface area contributed by atoms with E-state index in [0.29, 0.717) is 22.9 Å². The van der Waals surface area contributed by atoms with Gasteiger partial charge in [0.2, 0.25) is 0 Å². The van der Waals surface area contributed by atoms with Crippen molar-refractivity contribution in [1.82, 2.24) is 9.55 Å². The first kappa shape index (κ1) is 15.5. The maximum Gasteiger partial charge on any atom is 0.280 e. The fourth-order valence-corrected chi connectivity index (χ4v) is 3.02. The van der Waals surface area contributed by atoms with Crippen molar-refractivity contribution >= 4 is 32.9 Å². The normalized spacial score (nSPS) is 11.3. The summed E-state index contributed by atoms with van der Waals surface area (Å²) in [6.45, 7) is 1.74. The molecule has 0 fully saturated rings. The Bertz CT molecular complexity index is 744. The summed E-state index contributed by atoms with van der Waals surface area (Å²) in [5, 5.41) is -0.00490. The average molecular weight is 324 g/mol. The second-order valence-electron chi connectivity index (χ2n) is 4.68. The molecule has 1 aromatic carbocycles. The van der Waals surface area contributed by atoms with Crippen LogP contribution in [0.25, 0.3) is 0 Å². The minimum Gasteiger partial charge on any atom is -0.393 e. The summed E-state index contributed by atoms with van der Waals surface area (Å²) in [6.07, 6.45) is 1.96. The highest BCUT2D eigenvalue weighted by molar-refractivity contribution is 7.92. The van der Waals surface area contributed by atoms with Crippen molar-refractivity contribution in [3.8, 4) is 0 Å². The summed E-state index contributed by atoms with van der Waals surface area (Å²) in [4.78, 5) is 4.41.